The van der Waals surface area contributed by atoms with Gasteiger partial charge in [0.15, 0.2) is 0 Å². The molecule has 0 aromatic heterocycles. The first kappa shape index (κ1) is 13.6. The molecule has 0 heterocycles. The zero-order valence-electron chi connectivity index (χ0n) is 9.93. The van der Waals surface area contributed by atoms with Crippen LogP contribution in [0.2, 0.25) is 0 Å². The highest BCUT2D eigenvalue weighted by molar-refractivity contribution is 9.10. The molecule has 0 saturated carbocycles. The SMILES string of the molecule is CC(CNCc1ccc(Br)cc1F)N(C)C. The van der Waals surface area contributed by atoms with Crippen molar-refractivity contribution in [2.45, 2.75) is 19.5 Å². The molecule has 1 unspecified atom stereocenters. The van der Waals surface area contributed by atoms with Crippen molar-refractivity contribution in [3.8, 4) is 0 Å². The molecular weight excluding hydrogens is 271 g/mol. The number of rotatable bonds is 5. The molecule has 0 fully saturated rings. The zero-order chi connectivity index (χ0) is 12.1. The summed E-state index contributed by atoms with van der Waals surface area (Å²) in [7, 11) is 4.07. The molecule has 0 aliphatic heterocycles. The molecule has 0 amide bonds. The van der Waals surface area contributed by atoms with E-state index in [0.29, 0.717) is 18.2 Å². The number of halogens is 2. The highest BCUT2D eigenvalue weighted by Gasteiger charge is 2.05. The van der Waals surface area contributed by atoms with Crippen LogP contribution in [0.25, 0.3) is 0 Å². The number of hydrogen-bond acceptors (Lipinski definition) is 2. The smallest absolute Gasteiger partial charge is 0.128 e. The lowest BCUT2D eigenvalue weighted by Crippen LogP contribution is -2.35. The first-order valence-electron chi connectivity index (χ1n) is 5.31. The van der Waals surface area contributed by atoms with E-state index in [1.54, 1.807) is 6.07 Å². The first-order chi connectivity index (χ1) is 7.50. The van der Waals surface area contributed by atoms with Gasteiger partial charge in [0.1, 0.15) is 5.82 Å². The third kappa shape index (κ3) is 4.20. The Morgan fingerprint density at radius 3 is 2.69 bits per heavy atom. The largest absolute Gasteiger partial charge is 0.311 e. The predicted octanol–water partition coefficient (Wildman–Crippen LogP) is 2.63. The van der Waals surface area contributed by atoms with Crippen LogP contribution in [0.1, 0.15) is 12.5 Å². The summed E-state index contributed by atoms with van der Waals surface area (Å²) < 4.78 is 14.2. The summed E-state index contributed by atoms with van der Waals surface area (Å²) in [6.45, 7) is 3.55. The third-order valence-corrected chi connectivity index (χ3v) is 3.15. The Kier molecular flexibility index (Phi) is 5.38. The molecule has 0 spiro atoms. The van der Waals surface area contributed by atoms with E-state index in [-0.39, 0.29) is 5.82 Å². The van der Waals surface area contributed by atoms with Gasteiger partial charge >= 0.3 is 0 Å². The molecule has 1 rings (SSSR count). The van der Waals surface area contributed by atoms with Crippen molar-refractivity contribution in [1.82, 2.24) is 10.2 Å². The third-order valence-electron chi connectivity index (χ3n) is 2.65. The second-order valence-electron chi connectivity index (χ2n) is 4.18. The maximum Gasteiger partial charge on any atom is 0.128 e. The second kappa shape index (κ2) is 6.33. The Bertz CT molecular complexity index is 342. The average Bonchev–Trinajstić information content (AvgIpc) is 2.20. The van der Waals surface area contributed by atoms with Crippen LogP contribution in [0.4, 0.5) is 4.39 Å². The Hall–Kier alpha value is -0.450. The number of likely N-dealkylation sites (N-methyl/N-ethyl adjacent to an activating group) is 1. The van der Waals surface area contributed by atoms with Gasteiger partial charge in [-0.2, -0.15) is 0 Å². The Morgan fingerprint density at radius 1 is 1.44 bits per heavy atom. The van der Waals surface area contributed by atoms with Crippen LogP contribution in [0.3, 0.4) is 0 Å². The van der Waals surface area contributed by atoms with Crippen LogP contribution < -0.4 is 5.32 Å². The van der Waals surface area contributed by atoms with E-state index in [4.69, 9.17) is 0 Å². The minimum atomic E-state index is -0.167. The average molecular weight is 289 g/mol. The normalized spacial score (nSPS) is 13.1. The van der Waals surface area contributed by atoms with Gasteiger partial charge in [-0.3, -0.25) is 0 Å². The molecular formula is C12H18BrFN2. The van der Waals surface area contributed by atoms with Gasteiger partial charge in [0.25, 0.3) is 0 Å². The molecule has 0 radical (unpaired) electrons. The highest BCUT2D eigenvalue weighted by Crippen LogP contribution is 2.14. The molecule has 4 heteroatoms. The van der Waals surface area contributed by atoms with Crippen LogP contribution in [0, 0.1) is 5.82 Å². The molecule has 1 atom stereocenters. The summed E-state index contributed by atoms with van der Waals surface area (Å²) in [4.78, 5) is 2.13. The van der Waals surface area contributed by atoms with Gasteiger partial charge in [-0.1, -0.05) is 22.0 Å². The number of nitrogens with zero attached hydrogens (tertiary/aromatic N) is 1. The zero-order valence-corrected chi connectivity index (χ0v) is 11.5. The number of hydrogen-bond donors (Lipinski definition) is 1. The molecule has 0 saturated heterocycles. The molecule has 1 aromatic carbocycles. The van der Waals surface area contributed by atoms with Crippen LogP contribution in [0.5, 0.6) is 0 Å². The van der Waals surface area contributed by atoms with Crippen molar-refractivity contribution < 1.29 is 4.39 Å². The van der Waals surface area contributed by atoms with Crippen molar-refractivity contribution in [2.75, 3.05) is 20.6 Å². The Labute approximate surface area is 105 Å². The summed E-state index contributed by atoms with van der Waals surface area (Å²) in [5, 5.41) is 3.25. The van der Waals surface area contributed by atoms with E-state index in [0.717, 1.165) is 11.0 Å². The van der Waals surface area contributed by atoms with Crippen molar-refractivity contribution in [2.24, 2.45) is 0 Å². The molecule has 1 N–H and O–H groups in total. The predicted molar refractivity (Wildman–Crippen MR) is 69.0 cm³/mol. The van der Waals surface area contributed by atoms with Gasteiger partial charge in [0.2, 0.25) is 0 Å². The summed E-state index contributed by atoms with van der Waals surface area (Å²) in [6, 6.07) is 5.59. The standard InChI is InChI=1S/C12H18BrFN2/c1-9(16(2)3)7-15-8-10-4-5-11(13)6-12(10)14/h4-6,9,15H,7-8H2,1-3H3. The van der Waals surface area contributed by atoms with E-state index in [1.165, 1.54) is 6.07 Å². The van der Waals surface area contributed by atoms with E-state index in [1.807, 2.05) is 20.2 Å². The molecule has 2 nitrogen and oxygen atoms in total. The fourth-order valence-electron chi connectivity index (χ4n) is 1.26. The van der Waals surface area contributed by atoms with E-state index >= 15 is 0 Å². The first-order valence-corrected chi connectivity index (χ1v) is 6.11. The Balaban J connectivity index is 2.43. The van der Waals surface area contributed by atoms with E-state index in [9.17, 15) is 4.39 Å². The lowest BCUT2D eigenvalue weighted by atomic mass is 10.2. The van der Waals surface area contributed by atoms with Gasteiger partial charge in [0.05, 0.1) is 0 Å². The lowest BCUT2D eigenvalue weighted by molar-refractivity contribution is 0.302. The van der Waals surface area contributed by atoms with Crippen molar-refractivity contribution >= 4 is 15.9 Å². The van der Waals surface area contributed by atoms with Crippen molar-refractivity contribution in [3.05, 3.63) is 34.1 Å². The lowest BCUT2D eigenvalue weighted by Gasteiger charge is -2.20. The molecule has 1 aromatic rings. The van der Waals surface area contributed by atoms with Crippen molar-refractivity contribution in [3.63, 3.8) is 0 Å². The van der Waals surface area contributed by atoms with Crippen LogP contribution in [-0.4, -0.2) is 31.6 Å². The molecule has 0 aliphatic carbocycles. The summed E-state index contributed by atoms with van der Waals surface area (Å²) in [5.41, 5.74) is 0.703. The minimum Gasteiger partial charge on any atom is -0.311 e. The van der Waals surface area contributed by atoms with Gasteiger partial charge in [-0.15, -0.1) is 0 Å². The Morgan fingerprint density at radius 2 is 2.12 bits per heavy atom. The topological polar surface area (TPSA) is 15.3 Å². The molecule has 90 valence electrons. The van der Waals surface area contributed by atoms with Gasteiger partial charge < -0.3 is 10.2 Å². The fraction of sp³-hybridized carbons (Fsp3) is 0.500. The minimum absolute atomic E-state index is 0.167. The second-order valence-corrected chi connectivity index (χ2v) is 5.09. The van der Waals surface area contributed by atoms with Crippen LogP contribution in [0.15, 0.2) is 22.7 Å². The number of nitrogens with one attached hydrogen (secondary N) is 1. The number of benzene rings is 1. The van der Waals surface area contributed by atoms with Gasteiger partial charge in [-0.25, -0.2) is 4.39 Å². The monoisotopic (exact) mass is 288 g/mol. The summed E-state index contributed by atoms with van der Waals surface area (Å²) in [6.07, 6.45) is 0. The quantitative estimate of drug-likeness (QED) is 0.896. The van der Waals surface area contributed by atoms with E-state index < -0.39 is 0 Å². The van der Waals surface area contributed by atoms with Crippen LogP contribution >= 0.6 is 15.9 Å². The van der Waals surface area contributed by atoms with Gasteiger partial charge in [0, 0.05) is 29.2 Å². The van der Waals surface area contributed by atoms with E-state index in [2.05, 4.69) is 33.1 Å². The van der Waals surface area contributed by atoms with Crippen LogP contribution in [-0.2, 0) is 6.54 Å². The fourth-order valence-corrected chi connectivity index (χ4v) is 1.60. The molecule has 16 heavy (non-hydrogen) atoms. The van der Waals surface area contributed by atoms with Crippen molar-refractivity contribution in [1.29, 1.82) is 0 Å². The summed E-state index contributed by atoms with van der Waals surface area (Å²) in [5.74, 6) is -0.167. The van der Waals surface area contributed by atoms with Gasteiger partial charge in [-0.05, 0) is 33.2 Å². The molecule has 0 aliphatic rings. The highest BCUT2D eigenvalue weighted by atomic mass is 79.9. The summed E-state index contributed by atoms with van der Waals surface area (Å²) >= 11 is 3.24. The maximum absolute atomic E-state index is 13.5. The maximum atomic E-state index is 13.5. The molecule has 0 bridgehead atoms.